The van der Waals surface area contributed by atoms with Gasteiger partial charge in [0.15, 0.2) is 0 Å². The molecule has 1 fully saturated rings. The van der Waals surface area contributed by atoms with Crippen LogP contribution in [0.5, 0.6) is 0 Å². The van der Waals surface area contributed by atoms with E-state index in [4.69, 9.17) is 4.74 Å². The Balaban J connectivity index is 1.45. The Labute approximate surface area is 152 Å². The number of carbonyl (C=O) groups is 2. The molecule has 0 unspecified atom stereocenters. The Morgan fingerprint density at radius 1 is 0.885 bits per heavy atom. The van der Waals surface area contributed by atoms with Gasteiger partial charge < -0.3 is 20.5 Å². The molecule has 1 heterocycles. The number of ether oxygens (including phenoxy) is 1. The molecule has 1 aliphatic rings. The van der Waals surface area contributed by atoms with Gasteiger partial charge in [0.05, 0.1) is 12.7 Å². The van der Waals surface area contributed by atoms with Gasteiger partial charge in [0.1, 0.15) is 6.10 Å². The number of nitrogens with one attached hydrogen (secondary N) is 2. The summed E-state index contributed by atoms with van der Waals surface area (Å²) in [6.45, 7) is 0.873. The van der Waals surface area contributed by atoms with Crippen LogP contribution < -0.4 is 10.6 Å². The van der Waals surface area contributed by atoms with Gasteiger partial charge in [-0.3, -0.25) is 9.59 Å². The molecule has 6 heteroatoms. The molecule has 0 aliphatic carbocycles. The van der Waals surface area contributed by atoms with E-state index in [0.717, 1.165) is 0 Å². The first-order valence-corrected chi connectivity index (χ1v) is 8.61. The van der Waals surface area contributed by atoms with Crippen LogP contribution in [0.2, 0.25) is 0 Å². The van der Waals surface area contributed by atoms with Crippen molar-refractivity contribution in [2.45, 2.75) is 12.2 Å². The molecule has 0 aromatic heterocycles. The first-order valence-electron chi connectivity index (χ1n) is 8.61. The third kappa shape index (κ3) is 4.47. The summed E-state index contributed by atoms with van der Waals surface area (Å²) in [5.74, 6) is -0.595. The molecule has 0 saturated carbocycles. The van der Waals surface area contributed by atoms with Gasteiger partial charge in [0, 0.05) is 30.1 Å². The van der Waals surface area contributed by atoms with E-state index in [1.165, 1.54) is 0 Å². The standard InChI is InChI=1S/C20H22N2O4/c23-18-16(11-21-19(24)14-7-3-1-4-8-14)13-26-17(18)12-22-20(25)15-9-5-2-6-10-15/h1-10,16-18,23H,11-13H2,(H,21,24)(H,22,25)/t16-,17+,18+/m1/s1. The predicted molar refractivity (Wildman–Crippen MR) is 96.8 cm³/mol. The second kappa shape index (κ2) is 8.60. The predicted octanol–water partition coefficient (Wildman–Crippen LogP) is 1.22. The third-order valence-electron chi connectivity index (χ3n) is 4.45. The van der Waals surface area contributed by atoms with Crippen LogP contribution in [-0.4, -0.2) is 48.8 Å². The molecule has 2 aromatic rings. The minimum atomic E-state index is -0.748. The lowest BCUT2D eigenvalue weighted by molar-refractivity contribution is 0.0384. The number of carbonyl (C=O) groups excluding carboxylic acids is 2. The Morgan fingerprint density at radius 3 is 1.92 bits per heavy atom. The molecule has 0 bridgehead atoms. The molecule has 136 valence electrons. The van der Waals surface area contributed by atoms with E-state index in [2.05, 4.69) is 10.6 Å². The maximum absolute atomic E-state index is 12.1. The van der Waals surface area contributed by atoms with Crippen molar-refractivity contribution >= 4 is 11.8 Å². The van der Waals surface area contributed by atoms with Gasteiger partial charge in [0.2, 0.25) is 0 Å². The van der Waals surface area contributed by atoms with Gasteiger partial charge in [-0.05, 0) is 24.3 Å². The van der Waals surface area contributed by atoms with Gasteiger partial charge in [-0.15, -0.1) is 0 Å². The quantitative estimate of drug-likeness (QED) is 0.728. The number of amides is 2. The van der Waals surface area contributed by atoms with Crippen molar-refractivity contribution in [3.63, 3.8) is 0 Å². The molecular formula is C20H22N2O4. The summed E-state index contributed by atoms with van der Waals surface area (Å²) < 4.78 is 5.59. The smallest absolute Gasteiger partial charge is 0.251 e. The van der Waals surface area contributed by atoms with Crippen LogP contribution in [0, 0.1) is 5.92 Å². The zero-order chi connectivity index (χ0) is 18.4. The SMILES string of the molecule is O=C(NC[C@@H]1CO[C@@H](CNC(=O)c2ccccc2)[C@H]1O)c1ccccc1. The average molecular weight is 354 g/mol. The van der Waals surface area contributed by atoms with Gasteiger partial charge in [0.25, 0.3) is 11.8 Å². The average Bonchev–Trinajstić information content (AvgIpc) is 3.05. The van der Waals surface area contributed by atoms with E-state index >= 15 is 0 Å². The third-order valence-corrected chi connectivity index (χ3v) is 4.45. The summed E-state index contributed by atoms with van der Waals surface area (Å²) >= 11 is 0. The lowest BCUT2D eigenvalue weighted by atomic mass is 10.0. The topological polar surface area (TPSA) is 87.7 Å². The Hall–Kier alpha value is -2.70. The summed E-state index contributed by atoms with van der Waals surface area (Å²) in [5, 5.41) is 16.0. The normalized spacial score (nSPS) is 22.0. The maximum Gasteiger partial charge on any atom is 0.251 e. The summed E-state index contributed by atoms with van der Waals surface area (Å²) in [5.41, 5.74) is 1.14. The first-order chi connectivity index (χ1) is 12.6. The van der Waals surface area contributed by atoms with Gasteiger partial charge in [-0.2, -0.15) is 0 Å². The first kappa shape index (κ1) is 18.1. The zero-order valence-corrected chi connectivity index (χ0v) is 14.3. The van der Waals surface area contributed by atoms with Crippen molar-refractivity contribution < 1.29 is 19.4 Å². The number of aliphatic hydroxyl groups is 1. The van der Waals surface area contributed by atoms with Crippen molar-refractivity contribution in [1.29, 1.82) is 0 Å². The van der Waals surface area contributed by atoms with Crippen LogP contribution in [0.15, 0.2) is 60.7 Å². The molecule has 6 nitrogen and oxygen atoms in total. The van der Waals surface area contributed by atoms with Gasteiger partial charge >= 0.3 is 0 Å². The molecule has 3 atom stereocenters. The Kier molecular flexibility index (Phi) is 5.99. The van der Waals surface area contributed by atoms with Gasteiger partial charge in [-0.1, -0.05) is 36.4 Å². The maximum atomic E-state index is 12.1. The number of hydrogen-bond acceptors (Lipinski definition) is 4. The van der Waals surface area contributed by atoms with E-state index < -0.39 is 12.2 Å². The molecule has 2 aromatic carbocycles. The lowest BCUT2D eigenvalue weighted by Gasteiger charge is -2.18. The number of aliphatic hydroxyl groups excluding tert-OH is 1. The van der Waals surface area contributed by atoms with E-state index in [9.17, 15) is 14.7 Å². The van der Waals surface area contributed by atoms with Crippen molar-refractivity contribution in [1.82, 2.24) is 10.6 Å². The zero-order valence-electron chi connectivity index (χ0n) is 14.3. The number of hydrogen-bond donors (Lipinski definition) is 3. The van der Waals surface area contributed by atoms with Crippen LogP contribution >= 0.6 is 0 Å². The second-order valence-corrected chi connectivity index (χ2v) is 6.27. The molecule has 0 radical (unpaired) electrons. The summed E-state index contributed by atoms with van der Waals surface area (Å²) in [6.07, 6.45) is -1.23. The van der Waals surface area contributed by atoms with Crippen LogP contribution in [0.3, 0.4) is 0 Å². The number of rotatable bonds is 6. The highest BCUT2D eigenvalue weighted by molar-refractivity contribution is 5.94. The number of benzene rings is 2. The molecule has 2 amide bonds. The molecular weight excluding hydrogens is 332 g/mol. The van der Waals surface area contributed by atoms with Crippen LogP contribution in [0.4, 0.5) is 0 Å². The molecule has 0 spiro atoms. The van der Waals surface area contributed by atoms with Gasteiger partial charge in [-0.25, -0.2) is 0 Å². The molecule has 3 rings (SSSR count). The van der Waals surface area contributed by atoms with Crippen molar-refractivity contribution in [2.75, 3.05) is 19.7 Å². The summed E-state index contributed by atoms with van der Waals surface area (Å²) in [6, 6.07) is 17.8. The molecule has 1 saturated heterocycles. The Morgan fingerprint density at radius 2 is 1.38 bits per heavy atom. The molecule has 26 heavy (non-hydrogen) atoms. The highest BCUT2D eigenvalue weighted by atomic mass is 16.5. The van der Waals surface area contributed by atoms with E-state index in [0.29, 0.717) is 24.3 Å². The van der Waals surface area contributed by atoms with Crippen molar-refractivity contribution in [3.8, 4) is 0 Å². The fourth-order valence-electron chi connectivity index (χ4n) is 2.91. The largest absolute Gasteiger partial charge is 0.390 e. The van der Waals surface area contributed by atoms with Crippen LogP contribution in [0.25, 0.3) is 0 Å². The second-order valence-electron chi connectivity index (χ2n) is 6.27. The fraction of sp³-hybridized carbons (Fsp3) is 0.300. The van der Waals surface area contributed by atoms with Crippen molar-refractivity contribution in [2.24, 2.45) is 5.92 Å². The highest BCUT2D eigenvalue weighted by Gasteiger charge is 2.36. The minimum Gasteiger partial charge on any atom is -0.390 e. The van der Waals surface area contributed by atoms with E-state index in [-0.39, 0.29) is 24.3 Å². The molecule has 1 aliphatic heterocycles. The Bertz CT molecular complexity index is 672. The fourth-order valence-corrected chi connectivity index (χ4v) is 2.91. The van der Waals surface area contributed by atoms with Crippen LogP contribution in [0.1, 0.15) is 20.7 Å². The summed E-state index contributed by atoms with van der Waals surface area (Å²) in [4.78, 5) is 24.1. The van der Waals surface area contributed by atoms with E-state index in [1.54, 1.807) is 48.5 Å². The monoisotopic (exact) mass is 354 g/mol. The molecule has 3 N–H and O–H groups in total. The van der Waals surface area contributed by atoms with Crippen LogP contribution in [-0.2, 0) is 4.74 Å². The summed E-state index contributed by atoms with van der Waals surface area (Å²) in [7, 11) is 0. The van der Waals surface area contributed by atoms with E-state index in [1.807, 2.05) is 12.1 Å². The lowest BCUT2D eigenvalue weighted by Crippen LogP contribution is -2.41. The minimum absolute atomic E-state index is 0.182. The highest BCUT2D eigenvalue weighted by Crippen LogP contribution is 2.19. The van der Waals surface area contributed by atoms with Crippen molar-refractivity contribution in [3.05, 3.63) is 71.8 Å².